The molecule has 16 heavy (non-hydrogen) atoms. The van der Waals surface area contributed by atoms with Crippen molar-refractivity contribution >= 4 is 17.4 Å². The highest BCUT2D eigenvalue weighted by molar-refractivity contribution is 7.99. The number of anilines is 1. The number of nitrogens with one attached hydrogen (secondary N) is 1. The van der Waals surface area contributed by atoms with Gasteiger partial charge in [0.15, 0.2) is 0 Å². The van der Waals surface area contributed by atoms with Crippen molar-refractivity contribution in [2.24, 2.45) is 5.92 Å². The standard InChI is InChI=1S/C14H23NS/c1-11(2)9-15-14-7-5-13(6-8-14)10-16-12(3)4/h5-8,11-12,15H,9-10H2,1-4H3. The number of hydrogen-bond acceptors (Lipinski definition) is 2. The largest absolute Gasteiger partial charge is 0.385 e. The summed E-state index contributed by atoms with van der Waals surface area (Å²) in [7, 11) is 0. The number of benzene rings is 1. The molecule has 0 aliphatic carbocycles. The first-order chi connectivity index (χ1) is 7.58. The average molecular weight is 237 g/mol. The van der Waals surface area contributed by atoms with Crippen LogP contribution in [0.4, 0.5) is 5.69 Å². The van der Waals surface area contributed by atoms with Crippen LogP contribution in [-0.4, -0.2) is 11.8 Å². The van der Waals surface area contributed by atoms with Gasteiger partial charge in [-0.25, -0.2) is 0 Å². The van der Waals surface area contributed by atoms with E-state index in [0.717, 1.165) is 12.3 Å². The molecule has 0 amide bonds. The van der Waals surface area contributed by atoms with E-state index < -0.39 is 0 Å². The second-order valence-electron chi connectivity index (χ2n) is 4.83. The van der Waals surface area contributed by atoms with Crippen molar-refractivity contribution < 1.29 is 0 Å². The quantitative estimate of drug-likeness (QED) is 0.787. The zero-order chi connectivity index (χ0) is 12.0. The van der Waals surface area contributed by atoms with Crippen molar-refractivity contribution in [3.05, 3.63) is 29.8 Å². The molecule has 0 aliphatic heterocycles. The first-order valence-electron chi connectivity index (χ1n) is 6.02. The second-order valence-corrected chi connectivity index (χ2v) is 6.40. The van der Waals surface area contributed by atoms with E-state index in [2.05, 4.69) is 57.3 Å². The van der Waals surface area contributed by atoms with E-state index in [-0.39, 0.29) is 0 Å². The minimum atomic E-state index is 0.691. The van der Waals surface area contributed by atoms with Crippen LogP contribution in [0.15, 0.2) is 24.3 Å². The maximum absolute atomic E-state index is 3.43. The van der Waals surface area contributed by atoms with Crippen LogP contribution in [0.2, 0.25) is 0 Å². The highest BCUT2D eigenvalue weighted by Gasteiger charge is 1.98. The van der Waals surface area contributed by atoms with Gasteiger partial charge in [-0.15, -0.1) is 0 Å². The van der Waals surface area contributed by atoms with E-state index in [1.54, 1.807) is 0 Å². The Balaban J connectivity index is 2.41. The van der Waals surface area contributed by atoms with E-state index in [1.807, 2.05) is 11.8 Å². The lowest BCUT2D eigenvalue weighted by Gasteiger charge is -2.10. The molecule has 0 radical (unpaired) electrons. The summed E-state index contributed by atoms with van der Waals surface area (Å²) in [5.41, 5.74) is 2.64. The summed E-state index contributed by atoms with van der Waals surface area (Å²) in [6.45, 7) is 9.97. The van der Waals surface area contributed by atoms with Gasteiger partial charge in [0, 0.05) is 18.0 Å². The smallest absolute Gasteiger partial charge is 0.0340 e. The van der Waals surface area contributed by atoms with E-state index in [1.165, 1.54) is 11.3 Å². The fourth-order valence-electron chi connectivity index (χ4n) is 1.30. The van der Waals surface area contributed by atoms with Gasteiger partial charge in [-0.05, 0) is 28.9 Å². The molecule has 0 aliphatic rings. The molecular formula is C14H23NS. The number of thioether (sulfide) groups is 1. The lowest BCUT2D eigenvalue weighted by molar-refractivity contribution is 0.689. The Bertz CT molecular complexity index is 259. The van der Waals surface area contributed by atoms with Crippen LogP contribution in [0.1, 0.15) is 33.3 Å². The van der Waals surface area contributed by atoms with Crippen LogP contribution in [0.25, 0.3) is 0 Å². The third-order valence-electron chi connectivity index (χ3n) is 2.25. The highest BCUT2D eigenvalue weighted by atomic mass is 32.2. The molecule has 1 nitrogen and oxygen atoms in total. The average Bonchev–Trinajstić information content (AvgIpc) is 2.25. The molecule has 1 rings (SSSR count). The van der Waals surface area contributed by atoms with E-state index in [4.69, 9.17) is 0 Å². The van der Waals surface area contributed by atoms with Gasteiger partial charge in [-0.3, -0.25) is 0 Å². The van der Waals surface area contributed by atoms with Gasteiger partial charge in [-0.1, -0.05) is 39.8 Å². The fraction of sp³-hybridized carbons (Fsp3) is 0.571. The molecule has 0 heterocycles. The van der Waals surface area contributed by atoms with E-state index >= 15 is 0 Å². The summed E-state index contributed by atoms with van der Waals surface area (Å²) in [4.78, 5) is 0. The molecular weight excluding hydrogens is 214 g/mol. The zero-order valence-corrected chi connectivity index (χ0v) is 11.6. The van der Waals surface area contributed by atoms with Gasteiger partial charge in [0.2, 0.25) is 0 Å². The van der Waals surface area contributed by atoms with Crippen molar-refractivity contribution in [3.63, 3.8) is 0 Å². The maximum atomic E-state index is 3.43. The summed E-state index contributed by atoms with van der Waals surface area (Å²) in [5, 5.41) is 4.14. The third-order valence-corrected chi connectivity index (χ3v) is 3.42. The minimum Gasteiger partial charge on any atom is -0.385 e. The second kappa shape index (κ2) is 6.85. The molecule has 0 spiro atoms. The van der Waals surface area contributed by atoms with Crippen molar-refractivity contribution in [1.29, 1.82) is 0 Å². The molecule has 90 valence electrons. The first-order valence-corrected chi connectivity index (χ1v) is 7.07. The Labute approximate surface area is 104 Å². The van der Waals surface area contributed by atoms with E-state index in [9.17, 15) is 0 Å². The zero-order valence-electron chi connectivity index (χ0n) is 10.8. The minimum absolute atomic E-state index is 0.691. The molecule has 1 N–H and O–H groups in total. The normalized spacial score (nSPS) is 11.1. The Morgan fingerprint density at radius 3 is 2.19 bits per heavy atom. The lowest BCUT2D eigenvalue weighted by atomic mass is 10.2. The predicted octanol–water partition coefficient (Wildman–Crippen LogP) is 4.40. The number of rotatable bonds is 6. The van der Waals surface area contributed by atoms with Gasteiger partial charge >= 0.3 is 0 Å². The van der Waals surface area contributed by atoms with Crippen LogP contribution in [0.5, 0.6) is 0 Å². The highest BCUT2D eigenvalue weighted by Crippen LogP contribution is 2.18. The van der Waals surface area contributed by atoms with Crippen LogP contribution < -0.4 is 5.32 Å². The van der Waals surface area contributed by atoms with E-state index in [0.29, 0.717) is 11.2 Å². The first kappa shape index (κ1) is 13.4. The summed E-state index contributed by atoms with van der Waals surface area (Å²) in [6.07, 6.45) is 0. The molecule has 0 aromatic heterocycles. The van der Waals surface area contributed by atoms with Crippen LogP contribution in [0, 0.1) is 5.92 Å². The Morgan fingerprint density at radius 1 is 1.06 bits per heavy atom. The van der Waals surface area contributed by atoms with Crippen molar-refractivity contribution in [1.82, 2.24) is 0 Å². The molecule has 2 heteroatoms. The van der Waals surface area contributed by atoms with Gasteiger partial charge in [0.1, 0.15) is 0 Å². The summed E-state index contributed by atoms with van der Waals surface area (Å²) in [6, 6.07) is 8.80. The molecule has 0 saturated carbocycles. The maximum Gasteiger partial charge on any atom is 0.0340 e. The molecule has 0 fully saturated rings. The molecule has 0 unspecified atom stereocenters. The molecule has 1 aromatic rings. The Morgan fingerprint density at radius 2 is 1.69 bits per heavy atom. The molecule has 0 atom stereocenters. The summed E-state index contributed by atoms with van der Waals surface area (Å²) >= 11 is 1.99. The van der Waals surface area contributed by atoms with Crippen LogP contribution in [-0.2, 0) is 5.75 Å². The molecule has 0 saturated heterocycles. The summed E-state index contributed by atoms with van der Waals surface area (Å²) < 4.78 is 0. The van der Waals surface area contributed by atoms with Crippen LogP contribution in [0.3, 0.4) is 0 Å². The van der Waals surface area contributed by atoms with Gasteiger partial charge in [-0.2, -0.15) is 11.8 Å². The monoisotopic (exact) mass is 237 g/mol. The SMILES string of the molecule is CC(C)CNc1ccc(CSC(C)C)cc1. The van der Waals surface area contributed by atoms with Gasteiger partial charge in [0.25, 0.3) is 0 Å². The third kappa shape index (κ3) is 5.45. The number of hydrogen-bond donors (Lipinski definition) is 1. The predicted molar refractivity (Wildman–Crippen MR) is 76.2 cm³/mol. The topological polar surface area (TPSA) is 12.0 Å². The van der Waals surface area contributed by atoms with Gasteiger partial charge < -0.3 is 5.32 Å². The summed E-state index contributed by atoms with van der Waals surface area (Å²) in [5.74, 6) is 1.80. The van der Waals surface area contributed by atoms with Crippen LogP contribution >= 0.6 is 11.8 Å². The molecule has 0 bridgehead atoms. The Kier molecular flexibility index (Phi) is 5.75. The van der Waals surface area contributed by atoms with Crippen molar-refractivity contribution in [2.75, 3.05) is 11.9 Å². The lowest BCUT2D eigenvalue weighted by Crippen LogP contribution is -2.07. The molecule has 1 aromatic carbocycles. The van der Waals surface area contributed by atoms with Crippen molar-refractivity contribution in [2.45, 2.75) is 38.7 Å². The van der Waals surface area contributed by atoms with Gasteiger partial charge in [0.05, 0.1) is 0 Å². The Hall–Kier alpha value is -0.630. The fourth-order valence-corrected chi connectivity index (χ4v) is 2.02. The van der Waals surface area contributed by atoms with Crippen molar-refractivity contribution in [3.8, 4) is 0 Å².